The van der Waals surface area contributed by atoms with Gasteiger partial charge in [0, 0.05) is 5.92 Å². The van der Waals surface area contributed by atoms with Crippen LogP contribution >= 0.6 is 0 Å². The van der Waals surface area contributed by atoms with Crippen LogP contribution in [0.1, 0.15) is 42.5 Å². The first-order valence-electron chi connectivity index (χ1n) is 8.18. The van der Waals surface area contributed by atoms with Gasteiger partial charge in [0.05, 0.1) is 18.4 Å². The summed E-state index contributed by atoms with van der Waals surface area (Å²) in [7, 11) is 1.60. The molecule has 0 unspecified atom stereocenters. The average molecular weight is 299 g/mol. The number of oxime groups is 1. The molecule has 3 aliphatic rings. The van der Waals surface area contributed by atoms with Gasteiger partial charge in [0.15, 0.2) is 0 Å². The number of carbonyl (C=O) groups is 1. The largest absolute Gasteiger partial charge is 0.497 e. The zero-order chi connectivity index (χ0) is 15.1. The van der Waals surface area contributed by atoms with Gasteiger partial charge in [-0.25, -0.2) is 4.79 Å². The molecule has 4 atom stereocenters. The molecule has 0 aromatic heterocycles. The van der Waals surface area contributed by atoms with Crippen molar-refractivity contribution in [3.05, 3.63) is 29.8 Å². The molecule has 0 radical (unpaired) electrons. The maximum atomic E-state index is 12.1. The fraction of sp³-hybridized carbons (Fsp3) is 0.556. The number of nitrogens with zero attached hydrogens (tertiary/aromatic N) is 1. The van der Waals surface area contributed by atoms with E-state index < -0.39 is 0 Å². The molecule has 3 fully saturated rings. The predicted molar refractivity (Wildman–Crippen MR) is 82.9 cm³/mol. The highest BCUT2D eigenvalue weighted by Gasteiger charge is 2.52. The third-order valence-corrected chi connectivity index (χ3v) is 5.77. The Labute approximate surface area is 130 Å². The summed E-state index contributed by atoms with van der Waals surface area (Å²) >= 11 is 0. The first-order valence-corrected chi connectivity index (χ1v) is 8.18. The van der Waals surface area contributed by atoms with Gasteiger partial charge in [0.25, 0.3) is 0 Å². The van der Waals surface area contributed by atoms with Crippen molar-refractivity contribution in [2.75, 3.05) is 7.11 Å². The molecule has 1 aromatic carbocycles. The Morgan fingerprint density at radius 2 is 1.95 bits per heavy atom. The molecule has 0 saturated heterocycles. The lowest BCUT2D eigenvalue weighted by Crippen LogP contribution is -2.24. The minimum absolute atomic E-state index is 0.388. The van der Waals surface area contributed by atoms with E-state index in [1.54, 1.807) is 31.4 Å². The fourth-order valence-electron chi connectivity index (χ4n) is 4.80. The third kappa shape index (κ3) is 2.21. The molecule has 1 aromatic rings. The van der Waals surface area contributed by atoms with Gasteiger partial charge in [0.1, 0.15) is 5.75 Å². The quantitative estimate of drug-likeness (QED) is 0.632. The first kappa shape index (κ1) is 13.8. The van der Waals surface area contributed by atoms with E-state index in [1.807, 2.05) is 0 Å². The van der Waals surface area contributed by atoms with Crippen molar-refractivity contribution in [2.45, 2.75) is 32.1 Å². The van der Waals surface area contributed by atoms with E-state index in [0.29, 0.717) is 11.5 Å². The first-order chi connectivity index (χ1) is 10.8. The van der Waals surface area contributed by atoms with Crippen molar-refractivity contribution >= 4 is 11.7 Å². The van der Waals surface area contributed by atoms with Gasteiger partial charge in [-0.2, -0.15) is 0 Å². The van der Waals surface area contributed by atoms with Gasteiger partial charge in [-0.05, 0) is 67.7 Å². The Bertz CT molecular complexity index is 607. The molecule has 0 N–H and O–H groups in total. The molecule has 0 spiro atoms. The number of benzene rings is 1. The summed E-state index contributed by atoms with van der Waals surface area (Å²) < 4.78 is 5.08. The Kier molecular flexibility index (Phi) is 3.40. The topological polar surface area (TPSA) is 47.9 Å². The zero-order valence-electron chi connectivity index (χ0n) is 12.8. The molecule has 2 bridgehead atoms. The van der Waals surface area contributed by atoms with Crippen LogP contribution in [0.2, 0.25) is 0 Å². The zero-order valence-corrected chi connectivity index (χ0v) is 12.8. The average Bonchev–Trinajstić information content (AvgIpc) is 3.25. The standard InChI is InChI=1S/C18H21NO3/c1-21-13-7-5-11(6-8-13)18(20)22-19-17-10-12-9-16(17)15-4-2-3-14(12)15/h5-8,12,14-16H,2-4,9-10H2,1H3/b19-17+/t12-,14-,15-,16-/m0/s1. The lowest BCUT2D eigenvalue weighted by Gasteiger charge is -2.25. The number of fused-ring (bicyclic) bond motifs is 5. The summed E-state index contributed by atoms with van der Waals surface area (Å²) in [5, 5.41) is 4.22. The highest BCUT2D eigenvalue weighted by atomic mass is 16.7. The molecule has 0 amide bonds. The van der Waals surface area contributed by atoms with Gasteiger partial charge in [0.2, 0.25) is 0 Å². The van der Waals surface area contributed by atoms with Crippen LogP contribution in [0.25, 0.3) is 0 Å². The molecule has 22 heavy (non-hydrogen) atoms. The van der Waals surface area contributed by atoms with Gasteiger partial charge < -0.3 is 9.57 Å². The molecule has 3 aliphatic carbocycles. The minimum Gasteiger partial charge on any atom is -0.497 e. The molecule has 0 heterocycles. The highest BCUT2D eigenvalue weighted by molar-refractivity contribution is 5.93. The van der Waals surface area contributed by atoms with Gasteiger partial charge in [-0.15, -0.1) is 0 Å². The summed E-state index contributed by atoms with van der Waals surface area (Å²) in [5.74, 6) is 3.42. The Hall–Kier alpha value is -1.84. The molecule has 4 rings (SSSR count). The number of carbonyl (C=O) groups excluding carboxylic acids is 1. The van der Waals surface area contributed by atoms with Crippen molar-refractivity contribution in [3.8, 4) is 5.75 Å². The predicted octanol–water partition coefficient (Wildman–Crippen LogP) is 3.66. The monoisotopic (exact) mass is 299 g/mol. The number of methoxy groups -OCH3 is 1. The Morgan fingerprint density at radius 3 is 2.73 bits per heavy atom. The summed E-state index contributed by atoms with van der Waals surface area (Å²) in [6.07, 6.45) is 6.37. The smallest absolute Gasteiger partial charge is 0.365 e. The van der Waals surface area contributed by atoms with Crippen LogP contribution in [0, 0.1) is 23.7 Å². The summed E-state index contributed by atoms with van der Waals surface area (Å²) in [5.41, 5.74) is 1.63. The van der Waals surface area contributed by atoms with Crippen LogP contribution in [-0.4, -0.2) is 18.8 Å². The lowest BCUT2D eigenvalue weighted by molar-refractivity contribution is 0.0511. The van der Waals surface area contributed by atoms with E-state index in [-0.39, 0.29) is 5.97 Å². The maximum Gasteiger partial charge on any atom is 0.365 e. The molecule has 4 heteroatoms. The SMILES string of the molecule is COc1ccc(C(=O)O/N=C2\C[C@@H]3C[C@H]2[C@H]2CCC[C@@H]32)cc1. The van der Waals surface area contributed by atoms with E-state index >= 15 is 0 Å². The summed E-state index contributed by atoms with van der Waals surface area (Å²) in [6, 6.07) is 6.92. The van der Waals surface area contributed by atoms with E-state index in [2.05, 4.69) is 5.16 Å². The van der Waals surface area contributed by atoms with Crippen LogP contribution in [0.3, 0.4) is 0 Å². The van der Waals surface area contributed by atoms with Gasteiger partial charge >= 0.3 is 5.97 Å². The van der Waals surface area contributed by atoms with Gasteiger partial charge in [-0.3, -0.25) is 0 Å². The second-order valence-electron chi connectivity index (χ2n) is 6.75. The van der Waals surface area contributed by atoms with Crippen molar-refractivity contribution in [1.29, 1.82) is 0 Å². The second-order valence-corrected chi connectivity index (χ2v) is 6.75. The Morgan fingerprint density at radius 1 is 1.18 bits per heavy atom. The van der Waals surface area contributed by atoms with E-state index in [4.69, 9.17) is 9.57 Å². The van der Waals surface area contributed by atoms with Crippen LogP contribution in [0.4, 0.5) is 0 Å². The van der Waals surface area contributed by atoms with Crippen LogP contribution in [-0.2, 0) is 4.84 Å². The molecule has 3 saturated carbocycles. The van der Waals surface area contributed by atoms with Crippen molar-refractivity contribution in [1.82, 2.24) is 0 Å². The van der Waals surface area contributed by atoms with Crippen molar-refractivity contribution < 1.29 is 14.4 Å². The van der Waals surface area contributed by atoms with E-state index in [9.17, 15) is 4.79 Å². The molecular weight excluding hydrogens is 278 g/mol. The molecule has 4 nitrogen and oxygen atoms in total. The maximum absolute atomic E-state index is 12.1. The van der Waals surface area contributed by atoms with Crippen LogP contribution in [0.5, 0.6) is 5.75 Å². The number of hydrogen-bond donors (Lipinski definition) is 0. The Balaban J connectivity index is 1.42. The molecule has 0 aliphatic heterocycles. The number of rotatable bonds is 3. The normalized spacial score (nSPS) is 34.0. The van der Waals surface area contributed by atoms with E-state index in [0.717, 1.165) is 35.6 Å². The number of ether oxygens (including phenoxy) is 1. The van der Waals surface area contributed by atoms with Crippen LogP contribution < -0.4 is 4.74 Å². The third-order valence-electron chi connectivity index (χ3n) is 5.77. The van der Waals surface area contributed by atoms with Crippen molar-refractivity contribution in [3.63, 3.8) is 0 Å². The molecular formula is C18H21NO3. The highest BCUT2D eigenvalue weighted by Crippen LogP contribution is 2.57. The molecule has 116 valence electrons. The number of hydrogen-bond acceptors (Lipinski definition) is 4. The minimum atomic E-state index is -0.388. The van der Waals surface area contributed by atoms with Crippen LogP contribution in [0.15, 0.2) is 29.4 Å². The fourth-order valence-corrected chi connectivity index (χ4v) is 4.80. The lowest BCUT2D eigenvalue weighted by atomic mass is 9.81. The second kappa shape index (κ2) is 5.41. The summed E-state index contributed by atoms with van der Waals surface area (Å²) in [6.45, 7) is 0. The van der Waals surface area contributed by atoms with Gasteiger partial charge in [-0.1, -0.05) is 11.6 Å². The summed E-state index contributed by atoms with van der Waals surface area (Å²) in [4.78, 5) is 17.3. The van der Waals surface area contributed by atoms with Crippen molar-refractivity contribution in [2.24, 2.45) is 28.8 Å². The van der Waals surface area contributed by atoms with E-state index in [1.165, 1.54) is 25.7 Å².